The predicted octanol–water partition coefficient (Wildman–Crippen LogP) is 4.55. The lowest BCUT2D eigenvalue weighted by molar-refractivity contribution is 0.0576. The maximum atomic E-state index is 12.6. The molecule has 1 amide bonds. The number of nitrogens with zero attached hydrogens (tertiary/aromatic N) is 1. The van der Waals surface area contributed by atoms with E-state index < -0.39 is 0 Å². The molecule has 4 rings (SSSR count). The van der Waals surface area contributed by atoms with Crippen molar-refractivity contribution in [3.8, 4) is 0 Å². The molecule has 24 heavy (non-hydrogen) atoms. The monoisotopic (exact) mass is 362 g/mol. The minimum Gasteiger partial charge on any atom is -0.351 e. The standard InChI is InChI=1S/C19H23ClN2OS/c20-15-6-3-8-17-14(15)11-18(24-17)19(23)21-12-13-5-4-10-22-9-2-1-7-16(13)22/h3,6,8,11,13,16H,1-2,4-5,7,9-10,12H2,(H,21,23)/t13-,16-/m0/s1. The molecule has 128 valence electrons. The largest absolute Gasteiger partial charge is 0.351 e. The summed E-state index contributed by atoms with van der Waals surface area (Å²) in [5, 5.41) is 4.88. The van der Waals surface area contributed by atoms with Crippen molar-refractivity contribution in [1.29, 1.82) is 0 Å². The zero-order valence-corrected chi connectivity index (χ0v) is 15.3. The summed E-state index contributed by atoms with van der Waals surface area (Å²) in [5.41, 5.74) is 0. The Morgan fingerprint density at radius 1 is 1.25 bits per heavy atom. The molecule has 3 heterocycles. The summed E-state index contributed by atoms with van der Waals surface area (Å²) in [6.07, 6.45) is 6.45. The van der Waals surface area contributed by atoms with Crippen LogP contribution in [-0.2, 0) is 0 Å². The molecule has 5 heteroatoms. The van der Waals surface area contributed by atoms with Crippen LogP contribution in [0.1, 0.15) is 41.8 Å². The van der Waals surface area contributed by atoms with E-state index in [9.17, 15) is 4.79 Å². The first-order valence-electron chi connectivity index (χ1n) is 8.93. The lowest BCUT2D eigenvalue weighted by Gasteiger charge is -2.44. The van der Waals surface area contributed by atoms with E-state index in [4.69, 9.17) is 11.6 Å². The number of halogens is 1. The van der Waals surface area contributed by atoms with Crippen molar-refractivity contribution >= 4 is 38.9 Å². The van der Waals surface area contributed by atoms with Crippen LogP contribution in [0.5, 0.6) is 0 Å². The van der Waals surface area contributed by atoms with Gasteiger partial charge in [-0.25, -0.2) is 0 Å². The summed E-state index contributed by atoms with van der Waals surface area (Å²) in [5.74, 6) is 0.640. The van der Waals surface area contributed by atoms with Gasteiger partial charge in [0.05, 0.1) is 4.88 Å². The van der Waals surface area contributed by atoms with Crippen molar-refractivity contribution in [2.45, 2.75) is 38.1 Å². The number of thiophene rings is 1. The van der Waals surface area contributed by atoms with Gasteiger partial charge in [0.2, 0.25) is 0 Å². The van der Waals surface area contributed by atoms with E-state index in [-0.39, 0.29) is 5.91 Å². The number of carbonyl (C=O) groups is 1. The van der Waals surface area contributed by atoms with Crippen LogP contribution in [0.25, 0.3) is 10.1 Å². The summed E-state index contributed by atoms with van der Waals surface area (Å²) >= 11 is 7.74. The van der Waals surface area contributed by atoms with Crippen LogP contribution in [0, 0.1) is 5.92 Å². The van der Waals surface area contributed by atoms with Crippen LogP contribution < -0.4 is 5.32 Å². The SMILES string of the molecule is O=C(NC[C@@H]1CCCN2CCCC[C@@H]12)c1cc2c(Cl)cccc2s1. The van der Waals surface area contributed by atoms with Crippen LogP contribution in [0.3, 0.4) is 0 Å². The van der Waals surface area contributed by atoms with Crippen LogP contribution in [0.15, 0.2) is 24.3 Å². The van der Waals surface area contributed by atoms with E-state index >= 15 is 0 Å². The van der Waals surface area contributed by atoms with Gasteiger partial charge in [-0.2, -0.15) is 0 Å². The number of benzene rings is 1. The highest BCUT2D eigenvalue weighted by Crippen LogP contribution is 2.32. The van der Waals surface area contributed by atoms with Gasteiger partial charge in [0.1, 0.15) is 0 Å². The average Bonchev–Trinajstić information content (AvgIpc) is 3.05. The average molecular weight is 363 g/mol. The van der Waals surface area contributed by atoms with Crippen molar-refractivity contribution in [2.24, 2.45) is 5.92 Å². The van der Waals surface area contributed by atoms with Gasteiger partial charge >= 0.3 is 0 Å². The quantitative estimate of drug-likeness (QED) is 0.868. The summed E-state index contributed by atoms with van der Waals surface area (Å²) < 4.78 is 1.07. The molecule has 2 fully saturated rings. The molecule has 0 spiro atoms. The minimum absolute atomic E-state index is 0.0419. The fourth-order valence-corrected chi connectivity index (χ4v) is 5.55. The maximum absolute atomic E-state index is 12.6. The molecular weight excluding hydrogens is 340 g/mol. The molecule has 0 unspecified atom stereocenters. The summed E-state index contributed by atoms with van der Waals surface area (Å²) in [4.78, 5) is 16.0. The Morgan fingerprint density at radius 2 is 2.12 bits per heavy atom. The molecule has 1 aromatic carbocycles. The molecule has 3 nitrogen and oxygen atoms in total. The van der Waals surface area contributed by atoms with Gasteiger partial charge in [0.15, 0.2) is 0 Å². The molecule has 2 aliphatic heterocycles. The number of carbonyl (C=O) groups excluding carboxylic acids is 1. The van der Waals surface area contributed by atoms with Gasteiger partial charge in [-0.15, -0.1) is 11.3 Å². The normalized spacial score (nSPS) is 24.7. The number of piperidine rings is 2. The van der Waals surface area contributed by atoms with Crippen LogP contribution in [-0.4, -0.2) is 36.5 Å². The topological polar surface area (TPSA) is 32.3 Å². The van der Waals surface area contributed by atoms with Crippen molar-refractivity contribution in [2.75, 3.05) is 19.6 Å². The van der Waals surface area contributed by atoms with Crippen molar-refractivity contribution in [3.05, 3.63) is 34.2 Å². The third-order valence-electron chi connectivity index (χ3n) is 5.49. The molecule has 0 radical (unpaired) electrons. The summed E-state index contributed by atoms with van der Waals surface area (Å²) in [6.45, 7) is 3.27. The number of rotatable bonds is 3. The second-order valence-corrected chi connectivity index (χ2v) is 8.46. The third-order valence-corrected chi connectivity index (χ3v) is 6.91. The molecular formula is C19H23ClN2OS. The van der Waals surface area contributed by atoms with E-state index in [1.807, 2.05) is 24.3 Å². The van der Waals surface area contributed by atoms with Crippen LogP contribution in [0.2, 0.25) is 5.02 Å². The summed E-state index contributed by atoms with van der Waals surface area (Å²) in [7, 11) is 0. The van der Waals surface area contributed by atoms with Crippen LogP contribution >= 0.6 is 22.9 Å². The lowest BCUT2D eigenvalue weighted by atomic mass is 9.83. The molecule has 2 aromatic rings. The fourth-order valence-electron chi connectivity index (χ4n) is 4.26. The number of hydrogen-bond donors (Lipinski definition) is 1. The number of hydrogen-bond acceptors (Lipinski definition) is 3. The van der Waals surface area contributed by atoms with Crippen molar-refractivity contribution in [3.63, 3.8) is 0 Å². The number of nitrogens with one attached hydrogen (secondary N) is 1. The Bertz CT molecular complexity index is 742. The Labute approximate surface area is 152 Å². The highest BCUT2D eigenvalue weighted by Gasteiger charge is 2.33. The maximum Gasteiger partial charge on any atom is 0.261 e. The molecule has 2 atom stereocenters. The number of amides is 1. The minimum atomic E-state index is 0.0419. The molecule has 2 aliphatic rings. The second-order valence-electron chi connectivity index (χ2n) is 6.97. The molecule has 0 aliphatic carbocycles. The molecule has 0 bridgehead atoms. The predicted molar refractivity (Wildman–Crippen MR) is 101 cm³/mol. The first kappa shape index (κ1) is 16.4. The molecule has 0 saturated carbocycles. The first-order valence-corrected chi connectivity index (χ1v) is 10.1. The third kappa shape index (κ3) is 3.19. The zero-order chi connectivity index (χ0) is 16.5. The van der Waals surface area contributed by atoms with Gasteiger partial charge in [-0.05, 0) is 62.9 Å². The van der Waals surface area contributed by atoms with Gasteiger partial charge in [0.25, 0.3) is 5.91 Å². The van der Waals surface area contributed by atoms with E-state index in [1.165, 1.54) is 56.5 Å². The molecule has 1 N–H and O–H groups in total. The van der Waals surface area contributed by atoms with Gasteiger partial charge in [0, 0.05) is 27.7 Å². The van der Waals surface area contributed by atoms with E-state index in [0.29, 0.717) is 17.0 Å². The Morgan fingerprint density at radius 3 is 3.00 bits per heavy atom. The smallest absolute Gasteiger partial charge is 0.261 e. The second kappa shape index (κ2) is 7.03. The van der Waals surface area contributed by atoms with Gasteiger partial charge < -0.3 is 10.2 Å². The van der Waals surface area contributed by atoms with E-state index in [1.54, 1.807) is 0 Å². The fraction of sp³-hybridized carbons (Fsp3) is 0.526. The number of fused-ring (bicyclic) bond motifs is 2. The van der Waals surface area contributed by atoms with Gasteiger partial charge in [-0.1, -0.05) is 24.1 Å². The van der Waals surface area contributed by atoms with Gasteiger partial charge in [-0.3, -0.25) is 4.79 Å². The zero-order valence-electron chi connectivity index (χ0n) is 13.8. The molecule has 1 aromatic heterocycles. The first-order chi connectivity index (χ1) is 11.7. The van der Waals surface area contributed by atoms with Crippen LogP contribution in [0.4, 0.5) is 0 Å². The van der Waals surface area contributed by atoms with Crippen molar-refractivity contribution < 1.29 is 4.79 Å². The Kier molecular flexibility index (Phi) is 4.79. The highest BCUT2D eigenvalue weighted by atomic mass is 35.5. The highest BCUT2D eigenvalue weighted by molar-refractivity contribution is 7.20. The van der Waals surface area contributed by atoms with E-state index in [2.05, 4.69) is 10.2 Å². The Hall–Kier alpha value is -1.10. The lowest BCUT2D eigenvalue weighted by Crippen LogP contribution is -2.50. The summed E-state index contributed by atoms with van der Waals surface area (Å²) in [6, 6.07) is 8.42. The van der Waals surface area contributed by atoms with E-state index in [0.717, 1.165) is 21.5 Å². The van der Waals surface area contributed by atoms with Crippen molar-refractivity contribution in [1.82, 2.24) is 10.2 Å². The molecule has 2 saturated heterocycles. The Balaban J connectivity index is 1.42.